The largest absolute Gasteiger partial charge is 0.323 e. The van der Waals surface area contributed by atoms with Crippen LogP contribution in [0.2, 0.25) is 10.0 Å². The lowest BCUT2D eigenvalue weighted by Gasteiger charge is -2.20. The van der Waals surface area contributed by atoms with Crippen LogP contribution in [-0.2, 0) is 0 Å². The SMILES string of the molecule is O=C(c1cnc2ccccc2c1)N1CCN=C1Nc1c(Cl)cccc1Cl. The van der Waals surface area contributed by atoms with Crippen molar-refractivity contribution in [3.63, 3.8) is 0 Å². The van der Waals surface area contributed by atoms with Crippen LogP contribution < -0.4 is 5.32 Å². The Bertz CT molecular complexity index is 1010. The molecule has 0 fully saturated rings. The summed E-state index contributed by atoms with van der Waals surface area (Å²) in [5.41, 5.74) is 1.89. The number of anilines is 1. The van der Waals surface area contributed by atoms with Crippen molar-refractivity contribution in [3.8, 4) is 0 Å². The second-order valence-electron chi connectivity index (χ2n) is 5.80. The molecular weight excluding hydrogens is 371 g/mol. The Kier molecular flexibility index (Phi) is 4.49. The van der Waals surface area contributed by atoms with Gasteiger partial charge in [-0.1, -0.05) is 47.5 Å². The lowest BCUT2D eigenvalue weighted by Crippen LogP contribution is -2.38. The van der Waals surface area contributed by atoms with Gasteiger partial charge >= 0.3 is 0 Å². The Morgan fingerprint density at radius 1 is 1.08 bits per heavy atom. The highest BCUT2D eigenvalue weighted by Gasteiger charge is 2.26. The van der Waals surface area contributed by atoms with Gasteiger partial charge in [-0.05, 0) is 24.3 Å². The number of para-hydroxylation sites is 2. The van der Waals surface area contributed by atoms with Gasteiger partial charge in [-0.3, -0.25) is 19.7 Å². The molecule has 0 saturated carbocycles. The fraction of sp³-hybridized carbons (Fsp3) is 0.105. The number of halogens is 2. The number of pyridine rings is 1. The normalized spacial score (nSPS) is 13.8. The average Bonchev–Trinajstić information content (AvgIpc) is 3.12. The minimum absolute atomic E-state index is 0.171. The zero-order chi connectivity index (χ0) is 18.1. The van der Waals surface area contributed by atoms with Gasteiger partial charge in [0.25, 0.3) is 5.91 Å². The van der Waals surface area contributed by atoms with Crippen molar-refractivity contribution >= 4 is 51.7 Å². The number of guanidine groups is 1. The van der Waals surface area contributed by atoms with Crippen LogP contribution in [0.5, 0.6) is 0 Å². The van der Waals surface area contributed by atoms with E-state index in [0.717, 1.165) is 10.9 Å². The zero-order valence-corrected chi connectivity index (χ0v) is 15.1. The molecule has 3 aromatic rings. The predicted molar refractivity (Wildman–Crippen MR) is 105 cm³/mol. The van der Waals surface area contributed by atoms with Crippen LogP contribution >= 0.6 is 23.2 Å². The fourth-order valence-corrected chi connectivity index (χ4v) is 3.32. The van der Waals surface area contributed by atoms with E-state index in [1.54, 1.807) is 29.3 Å². The Labute approximate surface area is 160 Å². The minimum atomic E-state index is -0.171. The standard InChI is InChI=1S/C19H14Cl2N4O/c20-14-5-3-6-15(21)17(14)24-19-22-8-9-25(19)18(26)13-10-12-4-1-2-7-16(12)23-11-13/h1-7,10-11H,8-9H2,(H,22,24). The van der Waals surface area contributed by atoms with E-state index in [1.165, 1.54) is 0 Å². The highest BCUT2D eigenvalue weighted by molar-refractivity contribution is 6.40. The van der Waals surface area contributed by atoms with Crippen molar-refractivity contribution in [2.45, 2.75) is 0 Å². The fourth-order valence-electron chi connectivity index (χ4n) is 2.82. The summed E-state index contributed by atoms with van der Waals surface area (Å²) >= 11 is 12.4. The molecule has 1 aliphatic rings. The second kappa shape index (κ2) is 6.94. The van der Waals surface area contributed by atoms with E-state index >= 15 is 0 Å². The van der Waals surface area contributed by atoms with Crippen LogP contribution in [0.25, 0.3) is 10.9 Å². The van der Waals surface area contributed by atoms with Crippen molar-refractivity contribution in [3.05, 3.63) is 70.3 Å². The molecule has 0 atom stereocenters. The van der Waals surface area contributed by atoms with Gasteiger partial charge in [-0.25, -0.2) is 0 Å². The summed E-state index contributed by atoms with van der Waals surface area (Å²) < 4.78 is 0. The maximum absolute atomic E-state index is 13.0. The van der Waals surface area contributed by atoms with E-state index in [4.69, 9.17) is 23.2 Å². The number of fused-ring (bicyclic) bond motifs is 1. The minimum Gasteiger partial charge on any atom is -0.323 e. The number of hydrogen-bond acceptors (Lipinski definition) is 4. The van der Waals surface area contributed by atoms with E-state index in [9.17, 15) is 4.79 Å². The first kappa shape index (κ1) is 16.8. The van der Waals surface area contributed by atoms with Crippen LogP contribution in [0.1, 0.15) is 10.4 Å². The molecule has 5 nitrogen and oxygen atoms in total. The first-order valence-electron chi connectivity index (χ1n) is 8.05. The van der Waals surface area contributed by atoms with Crippen LogP contribution in [0.3, 0.4) is 0 Å². The molecule has 7 heteroatoms. The smallest absolute Gasteiger partial charge is 0.262 e. The Hall–Kier alpha value is -2.63. The quantitative estimate of drug-likeness (QED) is 0.709. The molecule has 0 bridgehead atoms. The van der Waals surface area contributed by atoms with E-state index in [-0.39, 0.29) is 5.91 Å². The van der Waals surface area contributed by atoms with Crippen LogP contribution in [0.15, 0.2) is 59.7 Å². The molecule has 26 heavy (non-hydrogen) atoms. The molecule has 2 aromatic carbocycles. The number of carbonyl (C=O) groups excluding carboxylic acids is 1. The predicted octanol–water partition coefficient (Wildman–Crippen LogP) is 4.47. The van der Waals surface area contributed by atoms with Gasteiger partial charge in [0.2, 0.25) is 5.96 Å². The lowest BCUT2D eigenvalue weighted by molar-refractivity contribution is 0.0857. The number of amides is 1. The summed E-state index contributed by atoms with van der Waals surface area (Å²) in [6, 6.07) is 14.7. The summed E-state index contributed by atoms with van der Waals surface area (Å²) in [7, 11) is 0. The van der Waals surface area contributed by atoms with Crippen LogP contribution in [0, 0.1) is 0 Å². The van der Waals surface area contributed by atoms with Crippen molar-refractivity contribution in [1.82, 2.24) is 9.88 Å². The van der Waals surface area contributed by atoms with Crippen LogP contribution in [-0.4, -0.2) is 34.8 Å². The van der Waals surface area contributed by atoms with Gasteiger partial charge in [0.1, 0.15) is 0 Å². The number of hydrogen-bond donors (Lipinski definition) is 1. The highest BCUT2D eigenvalue weighted by atomic mass is 35.5. The summed E-state index contributed by atoms with van der Waals surface area (Å²) in [6.07, 6.45) is 1.59. The number of nitrogens with zero attached hydrogens (tertiary/aromatic N) is 3. The third kappa shape index (κ3) is 3.11. The molecule has 130 valence electrons. The van der Waals surface area contributed by atoms with E-state index < -0.39 is 0 Å². The number of aromatic nitrogens is 1. The summed E-state index contributed by atoms with van der Waals surface area (Å²) in [4.78, 5) is 23.3. The number of nitrogens with one attached hydrogen (secondary N) is 1. The number of rotatable bonds is 2. The molecule has 4 rings (SSSR count). The first-order chi connectivity index (χ1) is 12.6. The highest BCUT2D eigenvalue weighted by Crippen LogP contribution is 2.30. The second-order valence-corrected chi connectivity index (χ2v) is 6.61. The van der Waals surface area contributed by atoms with Gasteiger partial charge < -0.3 is 5.32 Å². The Balaban J connectivity index is 1.62. The first-order valence-corrected chi connectivity index (χ1v) is 8.81. The Morgan fingerprint density at radius 2 is 1.85 bits per heavy atom. The van der Waals surface area contributed by atoms with Crippen molar-refractivity contribution in [2.75, 3.05) is 18.4 Å². The van der Waals surface area contributed by atoms with Crippen LogP contribution in [0.4, 0.5) is 5.69 Å². The van der Waals surface area contributed by atoms with Crippen molar-refractivity contribution in [1.29, 1.82) is 0 Å². The number of benzene rings is 2. The maximum Gasteiger partial charge on any atom is 0.262 e. The third-order valence-electron chi connectivity index (χ3n) is 4.12. The molecular formula is C19H14Cl2N4O. The summed E-state index contributed by atoms with van der Waals surface area (Å²) in [5.74, 6) is 0.258. The molecule has 1 aromatic heterocycles. The van der Waals surface area contributed by atoms with E-state index in [0.29, 0.717) is 40.3 Å². The molecule has 0 unspecified atom stereocenters. The molecule has 0 aliphatic carbocycles. The summed E-state index contributed by atoms with van der Waals surface area (Å²) in [6.45, 7) is 0.993. The topological polar surface area (TPSA) is 57.6 Å². The van der Waals surface area contributed by atoms with Crippen molar-refractivity contribution in [2.24, 2.45) is 4.99 Å². The molecule has 0 radical (unpaired) electrons. The molecule has 2 heterocycles. The van der Waals surface area contributed by atoms with Gasteiger partial charge in [0.05, 0.1) is 33.4 Å². The molecule has 0 spiro atoms. The summed E-state index contributed by atoms with van der Waals surface area (Å²) in [5, 5.41) is 4.93. The molecule has 1 N–H and O–H groups in total. The van der Waals surface area contributed by atoms with E-state index in [1.807, 2.05) is 30.3 Å². The zero-order valence-electron chi connectivity index (χ0n) is 13.6. The third-order valence-corrected chi connectivity index (χ3v) is 4.75. The van der Waals surface area contributed by atoms with Gasteiger partial charge in [0.15, 0.2) is 0 Å². The number of aliphatic imine (C=N–C) groups is 1. The monoisotopic (exact) mass is 384 g/mol. The van der Waals surface area contributed by atoms with E-state index in [2.05, 4.69) is 15.3 Å². The average molecular weight is 385 g/mol. The Morgan fingerprint density at radius 3 is 2.65 bits per heavy atom. The van der Waals surface area contributed by atoms with Gasteiger partial charge in [0, 0.05) is 18.1 Å². The number of carbonyl (C=O) groups is 1. The van der Waals surface area contributed by atoms with Crippen molar-refractivity contribution < 1.29 is 4.79 Å². The van der Waals surface area contributed by atoms with Gasteiger partial charge in [-0.2, -0.15) is 0 Å². The van der Waals surface area contributed by atoms with Gasteiger partial charge in [-0.15, -0.1) is 0 Å². The molecule has 1 amide bonds. The maximum atomic E-state index is 13.0. The lowest BCUT2D eigenvalue weighted by atomic mass is 10.1. The molecule has 1 aliphatic heterocycles. The molecule has 0 saturated heterocycles.